The number of rotatable bonds is 3. The van der Waals surface area contributed by atoms with Gasteiger partial charge in [-0.05, 0) is 17.6 Å². The standard InChI is InChI=1S/C16H21N5O3.C2H2N2S.C2H6/c1-10(22)20-4-6-21(7-5-20)16-18-12-9-14(24-3)13(23-2)8-11(12)15(17)19-16;1-2-5-4-3-1;1-2/h8-9H,4-7H2,1-3H3,(H2,17,18,19);1-2H;1-2H3. The highest BCUT2D eigenvalue weighted by molar-refractivity contribution is 7.03. The van der Waals surface area contributed by atoms with Gasteiger partial charge in [0.25, 0.3) is 0 Å². The van der Waals surface area contributed by atoms with Crippen molar-refractivity contribution in [3.63, 3.8) is 0 Å². The average molecular weight is 448 g/mol. The van der Waals surface area contributed by atoms with E-state index in [2.05, 4.69) is 19.6 Å². The summed E-state index contributed by atoms with van der Waals surface area (Å²) in [6.07, 6.45) is 1.66. The van der Waals surface area contributed by atoms with Crippen LogP contribution in [0.1, 0.15) is 20.8 Å². The third-order valence-electron chi connectivity index (χ3n) is 4.51. The van der Waals surface area contributed by atoms with E-state index in [4.69, 9.17) is 15.2 Å². The number of hydrogen-bond donors (Lipinski definition) is 1. The van der Waals surface area contributed by atoms with Crippen LogP contribution in [0.3, 0.4) is 0 Å². The molecule has 1 aliphatic heterocycles. The predicted molar refractivity (Wildman–Crippen MR) is 123 cm³/mol. The molecule has 0 saturated carbocycles. The Bertz CT molecular complexity index is 944. The molecule has 11 heteroatoms. The highest BCUT2D eigenvalue weighted by Crippen LogP contribution is 2.34. The first-order valence-corrected chi connectivity index (χ1v) is 10.8. The fraction of sp³-hybridized carbons (Fsp3) is 0.450. The summed E-state index contributed by atoms with van der Waals surface area (Å²) in [7, 11) is 3.15. The second-order valence-electron chi connectivity index (χ2n) is 6.21. The summed E-state index contributed by atoms with van der Waals surface area (Å²) in [5, 5.41) is 6.03. The molecule has 10 nitrogen and oxygen atoms in total. The van der Waals surface area contributed by atoms with Gasteiger partial charge < -0.3 is 25.0 Å². The monoisotopic (exact) mass is 447 g/mol. The number of aromatic nitrogens is 4. The lowest BCUT2D eigenvalue weighted by atomic mass is 10.2. The molecule has 1 aliphatic rings. The lowest BCUT2D eigenvalue weighted by Crippen LogP contribution is -2.48. The number of nitrogen functional groups attached to an aromatic ring is 1. The van der Waals surface area contributed by atoms with E-state index in [1.807, 2.05) is 29.0 Å². The average Bonchev–Trinajstić information content (AvgIpc) is 3.40. The zero-order valence-electron chi connectivity index (χ0n) is 18.5. The van der Waals surface area contributed by atoms with Gasteiger partial charge in [-0.15, -0.1) is 5.10 Å². The fourth-order valence-corrected chi connectivity index (χ4v) is 3.24. The smallest absolute Gasteiger partial charge is 0.228 e. The van der Waals surface area contributed by atoms with E-state index in [0.717, 1.165) is 5.39 Å². The van der Waals surface area contributed by atoms with E-state index in [1.54, 1.807) is 39.5 Å². The van der Waals surface area contributed by atoms with Crippen molar-refractivity contribution >= 4 is 40.1 Å². The molecular formula is C20H29N7O3S. The molecule has 2 N–H and O–H groups in total. The number of anilines is 2. The Morgan fingerprint density at radius 1 is 1.06 bits per heavy atom. The van der Waals surface area contributed by atoms with Crippen LogP contribution in [-0.4, -0.2) is 70.8 Å². The van der Waals surface area contributed by atoms with Crippen LogP contribution in [0.4, 0.5) is 11.8 Å². The molecule has 168 valence electrons. The van der Waals surface area contributed by atoms with Crippen LogP contribution in [0.25, 0.3) is 10.9 Å². The molecule has 0 bridgehead atoms. The number of ether oxygens (including phenoxy) is 2. The van der Waals surface area contributed by atoms with Crippen LogP contribution in [0, 0.1) is 0 Å². The number of nitrogens with zero attached hydrogens (tertiary/aromatic N) is 6. The number of piperazine rings is 1. The minimum atomic E-state index is 0.0884. The van der Waals surface area contributed by atoms with Crippen molar-refractivity contribution < 1.29 is 14.3 Å². The van der Waals surface area contributed by atoms with Gasteiger partial charge in [0.1, 0.15) is 5.82 Å². The third-order valence-corrected chi connectivity index (χ3v) is 4.94. The van der Waals surface area contributed by atoms with E-state index in [9.17, 15) is 4.79 Å². The van der Waals surface area contributed by atoms with Crippen molar-refractivity contribution in [2.75, 3.05) is 51.0 Å². The molecule has 1 aromatic carbocycles. The summed E-state index contributed by atoms with van der Waals surface area (Å²) in [4.78, 5) is 24.3. The minimum Gasteiger partial charge on any atom is -0.493 e. The number of benzene rings is 1. The van der Waals surface area contributed by atoms with Crippen molar-refractivity contribution in [2.45, 2.75) is 20.8 Å². The molecular weight excluding hydrogens is 418 g/mol. The second kappa shape index (κ2) is 11.8. The highest BCUT2D eigenvalue weighted by Gasteiger charge is 2.21. The number of carbonyl (C=O) groups is 1. The van der Waals surface area contributed by atoms with Gasteiger partial charge in [0.2, 0.25) is 11.9 Å². The third kappa shape index (κ3) is 6.14. The summed E-state index contributed by atoms with van der Waals surface area (Å²) >= 11 is 1.35. The molecule has 1 amide bonds. The maximum absolute atomic E-state index is 11.4. The molecule has 3 heterocycles. The van der Waals surface area contributed by atoms with Crippen LogP contribution < -0.4 is 20.1 Å². The lowest BCUT2D eigenvalue weighted by Gasteiger charge is -2.34. The Balaban J connectivity index is 0.000000420. The van der Waals surface area contributed by atoms with Crippen molar-refractivity contribution in [1.29, 1.82) is 0 Å². The van der Waals surface area contributed by atoms with E-state index < -0.39 is 0 Å². The predicted octanol–water partition coefficient (Wildman–Crippen LogP) is 2.46. The Hall–Kier alpha value is -3.21. The van der Waals surface area contributed by atoms with Gasteiger partial charge in [-0.1, -0.05) is 18.3 Å². The first-order valence-electron chi connectivity index (χ1n) is 9.94. The molecule has 0 atom stereocenters. The van der Waals surface area contributed by atoms with Gasteiger partial charge in [-0.25, -0.2) is 4.98 Å². The maximum Gasteiger partial charge on any atom is 0.228 e. The second-order valence-corrected chi connectivity index (χ2v) is 6.86. The Morgan fingerprint density at radius 3 is 2.19 bits per heavy atom. The molecule has 2 aromatic heterocycles. The van der Waals surface area contributed by atoms with E-state index in [0.29, 0.717) is 55.0 Å². The van der Waals surface area contributed by atoms with Crippen molar-refractivity contribution in [3.8, 4) is 11.5 Å². The van der Waals surface area contributed by atoms with Gasteiger partial charge in [0, 0.05) is 49.9 Å². The van der Waals surface area contributed by atoms with Crippen LogP contribution in [0.15, 0.2) is 23.7 Å². The number of fused-ring (bicyclic) bond motifs is 1. The molecule has 31 heavy (non-hydrogen) atoms. The number of amides is 1. The Labute approximate surface area is 186 Å². The summed E-state index contributed by atoms with van der Waals surface area (Å²) in [6.45, 7) is 8.25. The Morgan fingerprint density at radius 2 is 1.71 bits per heavy atom. The van der Waals surface area contributed by atoms with Crippen LogP contribution in [0.2, 0.25) is 0 Å². The Kier molecular flexibility index (Phi) is 9.19. The number of nitrogens with two attached hydrogens (primary N) is 1. The van der Waals surface area contributed by atoms with Gasteiger partial charge in [0.15, 0.2) is 11.5 Å². The van der Waals surface area contributed by atoms with Crippen molar-refractivity contribution in [2.24, 2.45) is 0 Å². The summed E-state index contributed by atoms with van der Waals surface area (Å²) in [5.41, 5.74) is 6.81. The molecule has 0 radical (unpaired) electrons. The maximum atomic E-state index is 11.4. The summed E-state index contributed by atoms with van der Waals surface area (Å²) < 4.78 is 14.1. The van der Waals surface area contributed by atoms with E-state index in [-0.39, 0.29) is 5.91 Å². The molecule has 4 rings (SSSR count). The zero-order valence-corrected chi connectivity index (χ0v) is 19.3. The first kappa shape index (κ1) is 24.1. The van der Waals surface area contributed by atoms with E-state index >= 15 is 0 Å². The molecule has 1 fully saturated rings. The van der Waals surface area contributed by atoms with Crippen molar-refractivity contribution in [3.05, 3.63) is 23.7 Å². The van der Waals surface area contributed by atoms with Crippen LogP contribution in [-0.2, 0) is 4.79 Å². The fourth-order valence-electron chi connectivity index (χ4n) is 2.97. The SMILES string of the molecule is CC.COc1cc2nc(N3CCN(C(C)=O)CC3)nc(N)c2cc1OC.c1csnn1. The van der Waals surface area contributed by atoms with Gasteiger partial charge >= 0.3 is 0 Å². The molecule has 3 aromatic rings. The molecule has 0 unspecified atom stereocenters. The molecule has 0 aliphatic carbocycles. The highest BCUT2D eigenvalue weighted by atomic mass is 32.1. The lowest BCUT2D eigenvalue weighted by molar-refractivity contribution is -0.129. The number of carbonyl (C=O) groups excluding carboxylic acids is 1. The largest absolute Gasteiger partial charge is 0.493 e. The van der Waals surface area contributed by atoms with Gasteiger partial charge in [-0.3, -0.25) is 4.79 Å². The topological polar surface area (TPSA) is 120 Å². The number of methoxy groups -OCH3 is 2. The molecule has 0 spiro atoms. The van der Waals surface area contributed by atoms with Gasteiger partial charge in [0.05, 0.1) is 25.9 Å². The normalized spacial score (nSPS) is 12.9. The van der Waals surface area contributed by atoms with E-state index in [1.165, 1.54) is 11.5 Å². The van der Waals surface area contributed by atoms with Crippen LogP contribution >= 0.6 is 11.5 Å². The quantitative estimate of drug-likeness (QED) is 0.645. The first-order chi connectivity index (χ1) is 15.0. The summed E-state index contributed by atoms with van der Waals surface area (Å²) in [6, 6.07) is 3.57. The number of hydrogen-bond acceptors (Lipinski definition) is 10. The van der Waals surface area contributed by atoms with Crippen LogP contribution in [0.5, 0.6) is 11.5 Å². The van der Waals surface area contributed by atoms with Gasteiger partial charge in [-0.2, -0.15) is 4.98 Å². The minimum absolute atomic E-state index is 0.0884. The van der Waals surface area contributed by atoms with Crippen molar-refractivity contribution in [1.82, 2.24) is 24.5 Å². The zero-order chi connectivity index (χ0) is 22.8. The summed E-state index contributed by atoms with van der Waals surface area (Å²) in [5.74, 6) is 2.23. The molecule has 1 saturated heterocycles.